The number of nitrogens with one attached hydrogen (secondary N) is 1. The lowest BCUT2D eigenvalue weighted by atomic mass is 10.3. The summed E-state index contributed by atoms with van der Waals surface area (Å²) >= 11 is 12.0. The van der Waals surface area contributed by atoms with Gasteiger partial charge in [-0.05, 0) is 37.2 Å². The van der Waals surface area contributed by atoms with E-state index < -0.39 is 0 Å². The van der Waals surface area contributed by atoms with Crippen LogP contribution in [0.15, 0.2) is 30.5 Å². The predicted octanol–water partition coefficient (Wildman–Crippen LogP) is 3.68. The molecule has 0 saturated heterocycles. The first kappa shape index (κ1) is 13.4. The van der Waals surface area contributed by atoms with E-state index in [1.807, 2.05) is 18.3 Å². The molecular formula is C13H15Cl2N3. The topological polar surface area (TPSA) is 29.9 Å². The fraction of sp³-hybridized carbons (Fsp3) is 0.308. The standard InChI is InChI=1S/C13H15Cl2N3/c1-2-6-16-9-11-5-7-18(17-11)13-4-3-10(14)8-12(13)15/h3-5,7-8,16H,2,6,9H2,1H3. The maximum absolute atomic E-state index is 6.14. The van der Waals surface area contributed by atoms with Gasteiger partial charge in [-0.25, -0.2) is 4.68 Å². The summed E-state index contributed by atoms with van der Waals surface area (Å²) in [5.41, 5.74) is 1.83. The SMILES string of the molecule is CCCNCc1ccn(-c2ccc(Cl)cc2Cl)n1. The van der Waals surface area contributed by atoms with Gasteiger partial charge in [0.25, 0.3) is 0 Å². The number of nitrogens with zero attached hydrogens (tertiary/aromatic N) is 2. The minimum absolute atomic E-state index is 0.596. The molecule has 1 N–H and O–H groups in total. The Bertz CT molecular complexity index is 523. The summed E-state index contributed by atoms with van der Waals surface area (Å²) < 4.78 is 1.77. The molecule has 0 radical (unpaired) electrons. The molecule has 0 bridgehead atoms. The predicted molar refractivity (Wildman–Crippen MR) is 75.6 cm³/mol. The molecule has 5 heteroatoms. The van der Waals surface area contributed by atoms with Gasteiger partial charge in [-0.3, -0.25) is 0 Å². The van der Waals surface area contributed by atoms with Gasteiger partial charge in [-0.2, -0.15) is 5.10 Å². The Morgan fingerprint density at radius 2 is 2.11 bits per heavy atom. The van der Waals surface area contributed by atoms with Gasteiger partial charge >= 0.3 is 0 Å². The summed E-state index contributed by atoms with van der Waals surface area (Å²) in [5, 5.41) is 9.00. The zero-order valence-corrected chi connectivity index (χ0v) is 11.7. The van der Waals surface area contributed by atoms with E-state index in [0.29, 0.717) is 10.0 Å². The number of aromatic nitrogens is 2. The van der Waals surface area contributed by atoms with E-state index >= 15 is 0 Å². The molecule has 0 spiro atoms. The fourth-order valence-corrected chi connectivity index (χ4v) is 2.15. The van der Waals surface area contributed by atoms with Crippen molar-refractivity contribution in [1.29, 1.82) is 0 Å². The van der Waals surface area contributed by atoms with E-state index in [4.69, 9.17) is 23.2 Å². The maximum atomic E-state index is 6.14. The van der Waals surface area contributed by atoms with Crippen molar-refractivity contribution in [1.82, 2.24) is 15.1 Å². The van der Waals surface area contributed by atoms with Crippen LogP contribution in [0.5, 0.6) is 0 Å². The highest BCUT2D eigenvalue weighted by atomic mass is 35.5. The Kier molecular flexibility index (Phi) is 4.64. The van der Waals surface area contributed by atoms with E-state index in [-0.39, 0.29) is 0 Å². The third-order valence-electron chi connectivity index (χ3n) is 2.53. The molecule has 0 amide bonds. The maximum Gasteiger partial charge on any atom is 0.0832 e. The highest BCUT2D eigenvalue weighted by molar-refractivity contribution is 6.35. The summed E-state index contributed by atoms with van der Waals surface area (Å²) in [6.45, 7) is 3.90. The van der Waals surface area contributed by atoms with Crippen LogP contribution in [0.4, 0.5) is 0 Å². The first-order valence-electron chi connectivity index (χ1n) is 5.91. The van der Waals surface area contributed by atoms with Gasteiger partial charge in [0.1, 0.15) is 0 Å². The molecule has 1 heterocycles. The first-order chi connectivity index (χ1) is 8.70. The molecule has 0 unspecified atom stereocenters. The molecule has 1 aromatic carbocycles. The van der Waals surface area contributed by atoms with Crippen molar-refractivity contribution >= 4 is 23.2 Å². The number of halogens is 2. The van der Waals surface area contributed by atoms with Crippen LogP contribution in [0.1, 0.15) is 19.0 Å². The fourth-order valence-electron chi connectivity index (χ4n) is 1.65. The van der Waals surface area contributed by atoms with Gasteiger partial charge in [0.05, 0.1) is 16.4 Å². The van der Waals surface area contributed by atoms with E-state index in [1.54, 1.807) is 16.8 Å². The van der Waals surface area contributed by atoms with Gasteiger partial charge < -0.3 is 5.32 Å². The summed E-state index contributed by atoms with van der Waals surface area (Å²) in [7, 11) is 0. The summed E-state index contributed by atoms with van der Waals surface area (Å²) in [6.07, 6.45) is 3.02. The molecule has 0 fully saturated rings. The van der Waals surface area contributed by atoms with Crippen molar-refractivity contribution in [3.8, 4) is 5.69 Å². The summed E-state index contributed by atoms with van der Waals surface area (Å²) in [4.78, 5) is 0. The van der Waals surface area contributed by atoms with Crippen molar-refractivity contribution in [2.24, 2.45) is 0 Å². The van der Waals surface area contributed by atoms with Crippen LogP contribution >= 0.6 is 23.2 Å². The molecule has 0 aliphatic heterocycles. The largest absolute Gasteiger partial charge is 0.311 e. The molecule has 3 nitrogen and oxygen atoms in total. The molecule has 2 aromatic rings. The highest BCUT2D eigenvalue weighted by Crippen LogP contribution is 2.23. The van der Waals surface area contributed by atoms with Crippen LogP contribution in [0.2, 0.25) is 10.0 Å². The second-order valence-corrected chi connectivity index (χ2v) is 4.87. The van der Waals surface area contributed by atoms with E-state index in [1.165, 1.54) is 0 Å². The van der Waals surface area contributed by atoms with Crippen LogP contribution in [-0.4, -0.2) is 16.3 Å². The molecule has 1 aromatic heterocycles. The van der Waals surface area contributed by atoms with E-state index in [2.05, 4.69) is 17.3 Å². The quantitative estimate of drug-likeness (QED) is 0.849. The highest BCUT2D eigenvalue weighted by Gasteiger charge is 2.05. The number of benzene rings is 1. The second kappa shape index (κ2) is 6.23. The molecule has 0 atom stereocenters. The lowest BCUT2D eigenvalue weighted by Crippen LogP contribution is -2.14. The third kappa shape index (κ3) is 3.25. The smallest absolute Gasteiger partial charge is 0.0832 e. The Balaban J connectivity index is 2.13. The zero-order valence-electron chi connectivity index (χ0n) is 10.2. The Morgan fingerprint density at radius 3 is 2.83 bits per heavy atom. The molecule has 2 rings (SSSR count). The van der Waals surface area contributed by atoms with Gasteiger partial charge in [-0.15, -0.1) is 0 Å². The number of rotatable bonds is 5. The van der Waals surface area contributed by atoms with Gasteiger partial charge in [0, 0.05) is 17.8 Å². The Morgan fingerprint density at radius 1 is 1.28 bits per heavy atom. The number of hydrogen-bond acceptors (Lipinski definition) is 2. The molecule has 0 aliphatic carbocycles. The number of hydrogen-bond donors (Lipinski definition) is 1. The van der Waals surface area contributed by atoms with Crippen LogP contribution in [0, 0.1) is 0 Å². The lowest BCUT2D eigenvalue weighted by molar-refractivity contribution is 0.656. The van der Waals surface area contributed by atoms with Crippen molar-refractivity contribution < 1.29 is 0 Å². The average Bonchev–Trinajstić information content (AvgIpc) is 2.78. The Hall–Kier alpha value is -1.03. The summed E-state index contributed by atoms with van der Waals surface area (Å²) in [6, 6.07) is 7.36. The average molecular weight is 284 g/mol. The molecule has 0 saturated carbocycles. The molecule has 96 valence electrons. The van der Waals surface area contributed by atoms with Crippen LogP contribution in [-0.2, 0) is 6.54 Å². The zero-order chi connectivity index (χ0) is 13.0. The molecular weight excluding hydrogens is 269 g/mol. The normalized spacial score (nSPS) is 10.8. The monoisotopic (exact) mass is 283 g/mol. The van der Waals surface area contributed by atoms with Crippen molar-refractivity contribution in [3.05, 3.63) is 46.2 Å². The lowest BCUT2D eigenvalue weighted by Gasteiger charge is -2.04. The molecule has 18 heavy (non-hydrogen) atoms. The van der Waals surface area contributed by atoms with Crippen molar-refractivity contribution in [3.63, 3.8) is 0 Å². The Labute approximate surface area is 117 Å². The van der Waals surface area contributed by atoms with Crippen LogP contribution < -0.4 is 5.32 Å². The molecule has 0 aliphatic rings. The van der Waals surface area contributed by atoms with Crippen molar-refractivity contribution in [2.75, 3.05) is 6.54 Å². The van der Waals surface area contributed by atoms with Gasteiger partial charge in [0.2, 0.25) is 0 Å². The third-order valence-corrected chi connectivity index (χ3v) is 3.07. The van der Waals surface area contributed by atoms with Gasteiger partial charge in [-0.1, -0.05) is 30.1 Å². The van der Waals surface area contributed by atoms with Crippen molar-refractivity contribution in [2.45, 2.75) is 19.9 Å². The van der Waals surface area contributed by atoms with Gasteiger partial charge in [0.15, 0.2) is 0 Å². The minimum Gasteiger partial charge on any atom is -0.311 e. The second-order valence-electron chi connectivity index (χ2n) is 4.02. The minimum atomic E-state index is 0.596. The first-order valence-corrected chi connectivity index (χ1v) is 6.67. The summed E-state index contributed by atoms with van der Waals surface area (Å²) in [5.74, 6) is 0. The van der Waals surface area contributed by atoms with E-state index in [0.717, 1.165) is 30.9 Å². The van der Waals surface area contributed by atoms with Crippen LogP contribution in [0.3, 0.4) is 0 Å². The van der Waals surface area contributed by atoms with Crippen LogP contribution in [0.25, 0.3) is 5.69 Å². The van der Waals surface area contributed by atoms with E-state index in [9.17, 15) is 0 Å².